The maximum absolute atomic E-state index is 12.1. The highest BCUT2D eigenvalue weighted by Gasteiger charge is 2.66. The number of carbonyl (C=O) groups is 2. The molecule has 0 aromatic heterocycles. The number of aldehydes is 1. The average Bonchev–Trinajstić information content (AvgIpc) is 2.99. The summed E-state index contributed by atoms with van der Waals surface area (Å²) in [4.78, 5) is 23.6. The zero-order chi connectivity index (χ0) is 22.8. The van der Waals surface area contributed by atoms with E-state index in [2.05, 4.69) is 34.6 Å². The molecule has 7 atom stereocenters. The number of aromatic hydroxyl groups is 1. The molecule has 3 aliphatic carbocycles. The SMILES string of the molecule is C[C@H]1CC[C@@]2(C)[C@@H](CC[C@]3(C)[C@@H]2CC[C@@]3(C)C=O)[C@]1(C)Cc1cc(C(=O)O)ccc1O. The molecule has 0 aliphatic heterocycles. The van der Waals surface area contributed by atoms with Crippen LogP contribution >= 0.6 is 0 Å². The first-order valence-electron chi connectivity index (χ1n) is 11.9. The number of carboxylic acids is 1. The van der Waals surface area contributed by atoms with E-state index < -0.39 is 5.97 Å². The summed E-state index contributed by atoms with van der Waals surface area (Å²) in [5, 5.41) is 20.0. The summed E-state index contributed by atoms with van der Waals surface area (Å²) >= 11 is 0. The minimum atomic E-state index is -0.958. The first kappa shape index (κ1) is 22.4. The number of phenols is 1. The standard InChI is InChI=1S/C27H38O4/c1-17-8-12-25(3)21(10-13-27(5)22(25)9-11-24(27,2)16-28)26(17,4)15-19-14-18(23(30)31)6-7-20(19)29/h6-7,14,16-17,21-22,29H,8-13,15H2,1-5H3,(H,30,31)/t17-,21+,22+,24-,25-,26+,27+/m0/s1. The molecule has 2 N–H and O–H groups in total. The second-order valence-corrected chi connectivity index (χ2v) is 11.9. The molecular weight excluding hydrogens is 388 g/mol. The van der Waals surface area contributed by atoms with Crippen LogP contribution in [0, 0.1) is 39.4 Å². The van der Waals surface area contributed by atoms with Crippen LogP contribution < -0.4 is 0 Å². The van der Waals surface area contributed by atoms with Gasteiger partial charge in [-0.25, -0.2) is 4.79 Å². The maximum atomic E-state index is 12.1. The summed E-state index contributed by atoms with van der Waals surface area (Å²) in [5.74, 6) is 0.742. The van der Waals surface area contributed by atoms with Crippen molar-refractivity contribution in [2.24, 2.45) is 39.4 Å². The average molecular weight is 427 g/mol. The Labute approximate surface area is 186 Å². The topological polar surface area (TPSA) is 74.6 Å². The fraction of sp³-hybridized carbons (Fsp3) is 0.704. The molecule has 4 rings (SSSR count). The number of aromatic carboxylic acids is 1. The van der Waals surface area contributed by atoms with Gasteiger partial charge in [0.1, 0.15) is 12.0 Å². The first-order valence-corrected chi connectivity index (χ1v) is 11.9. The number of phenolic OH excluding ortho intramolecular Hbond substituents is 1. The van der Waals surface area contributed by atoms with E-state index in [9.17, 15) is 19.8 Å². The molecule has 4 nitrogen and oxygen atoms in total. The summed E-state index contributed by atoms with van der Waals surface area (Å²) in [6.45, 7) is 11.7. The van der Waals surface area contributed by atoms with Gasteiger partial charge in [0, 0.05) is 5.41 Å². The van der Waals surface area contributed by atoms with E-state index in [1.807, 2.05) is 0 Å². The van der Waals surface area contributed by atoms with Gasteiger partial charge in [-0.2, -0.15) is 0 Å². The lowest BCUT2D eigenvalue weighted by molar-refractivity contribution is -0.163. The van der Waals surface area contributed by atoms with Crippen LogP contribution in [0.1, 0.15) is 89.1 Å². The molecule has 170 valence electrons. The van der Waals surface area contributed by atoms with Gasteiger partial charge in [0.05, 0.1) is 5.56 Å². The quantitative estimate of drug-likeness (QED) is 0.570. The Hall–Kier alpha value is -1.84. The van der Waals surface area contributed by atoms with E-state index in [4.69, 9.17) is 0 Å². The Bertz CT molecular complexity index is 908. The van der Waals surface area contributed by atoms with Crippen molar-refractivity contribution in [3.05, 3.63) is 29.3 Å². The Kier molecular flexibility index (Phi) is 5.11. The highest BCUT2D eigenvalue weighted by molar-refractivity contribution is 5.88. The number of benzene rings is 1. The number of hydrogen-bond acceptors (Lipinski definition) is 3. The van der Waals surface area contributed by atoms with E-state index in [-0.39, 0.29) is 33.0 Å². The monoisotopic (exact) mass is 426 g/mol. The fourth-order valence-electron chi connectivity index (χ4n) is 8.37. The molecule has 3 aliphatic rings. The van der Waals surface area contributed by atoms with Gasteiger partial charge in [-0.05, 0) is 103 Å². The van der Waals surface area contributed by atoms with Crippen molar-refractivity contribution in [1.82, 2.24) is 0 Å². The summed E-state index contributed by atoms with van der Waals surface area (Å²) in [6, 6.07) is 4.66. The van der Waals surface area contributed by atoms with E-state index in [0.717, 1.165) is 37.7 Å². The molecule has 31 heavy (non-hydrogen) atoms. The molecule has 3 fully saturated rings. The molecule has 0 bridgehead atoms. The third-order valence-corrected chi connectivity index (χ3v) is 10.8. The maximum Gasteiger partial charge on any atom is 0.335 e. The molecule has 0 radical (unpaired) electrons. The largest absolute Gasteiger partial charge is 0.508 e. The van der Waals surface area contributed by atoms with Crippen LogP contribution in [-0.2, 0) is 11.2 Å². The Morgan fingerprint density at radius 3 is 2.39 bits per heavy atom. The predicted molar refractivity (Wildman–Crippen MR) is 121 cm³/mol. The van der Waals surface area contributed by atoms with Crippen molar-refractivity contribution >= 4 is 12.3 Å². The Balaban J connectivity index is 1.73. The van der Waals surface area contributed by atoms with Gasteiger partial charge in [-0.3, -0.25) is 0 Å². The lowest BCUT2D eigenvalue weighted by Gasteiger charge is -2.65. The summed E-state index contributed by atoms with van der Waals surface area (Å²) < 4.78 is 0. The van der Waals surface area contributed by atoms with Gasteiger partial charge in [-0.1, -0.05) is 34.6 Å². The number of rotatable bonds is 4. The van der Waals surface area contributed by atoms with Crippen LogP contribution in [0.3, 0.4) is 0 Å². The molecule has 0 spiro atoms. The smallest absolute Gasteiger partial charge is 0.335 e. The van der Waals surface area contributed by atoms with Crippen LogP contribution in [0.5, 0.6) is 5.75 Å². The van der Waals surface area contributed by atoms with E-state index in [1.54, 1.807) is 6.07 Å². The summed E-state index contributed by atoms with van der Waals surface area (Å²) in [7, 11) is 0. The lowest BCUT2D eigenvalue weighted by Crippen LogP contribution is -2.58. The van der Waals surface area contributed by atoms with Gasteiger partial charge in [0.2, 0.25) is 0 Å². The number of fused-ring (bicyclic) bond motifs is 3. The van der Waals surface area contributed by atoms with Gasteiger partial charge >= 0.3 is 5.97 Å². The van der Waals surface area contributed by atoms with Crippen molar-refractivity contribution in [2.45, 2.75) is 79.6 Å². The van der Waals surface area contributed by atoms with E-state index in [0.29, 0.717) is 24.2 Å². The van der Waals surface area contributed by atoms with Crippen LogP contribution in [0.4, 0.5) is 0 Å². The third-order valence-electron chi connectivity index (χ3n) is 10.8. The van der Waals surface area contributed by atoms with Crippen LogP contribution in [0.2, 0.25) is 0 Å². The molecule has 0 heterocycles. The second kappa shape index (κ2) is 7.08. The molecular formula is C27H38O4. The highest BCUT2D eigenvalue weighted by Crippen LogP contribution is 2.73. The Morgan fingerprint density at radius 1 is 1.06 bits per heavy atom. The Morgan fingerprint density at radius 2 is 1.74 bits per heavy atom. The fourth-order valence-corrected chi connectivity index (χ4v) is 8.37. The van der Waals surface area contributed by atoms with Gasteiger partial charge < -0.3 is 15.0 Å². The van der Waals surface area contributed by atoms with Gasteiger partial charge in [-0.15, -0.1) is 0 Å². The molecule has 0 amide bonds. The molecule has 1 aromatic rings. The molecule has 1 aromatic carbocycles. The van der Waals surface area contributed by atoms with Crippen molar-refractivity contribution in [2.75, 3.05) is 0 Å². The molecule has 3 saturated carbocycles. The molecule has 0 saturated heterocycles. The van der Waals surface area contributed by atoms with Gasteiger partial charge in [0.25, 0.3) is 0 Å². The van der Waals surface area contributed by atoms with Crippen LogP contribution in [0.25, 0.3) is 0 Å². The number of carboxylic acid groups (broad SMARTS) is 1. The summed E-state index contributed by atoms with van der Waals surface area (Å²) in [5.41, 5.74) is 0.928. The van der Waals surface area contributed by atoms with Crippen molar-refractivity contribution in [3.63, 3.8) is 0 Å². The zero-order valence-corrected chi connectivity index (χ0v) is 19.7. The first-order chi connectivity index (χ1) is 14.4. The van der Waals surface area contributed by atoms with Crippen molar-refractivity contribution in [3.8, 4) is 5.75 Å². The van der Waals surface area contributed by atoms with Crippen molar-refractivity contribution in [1.29, 1.82) is 0 Å². The lowest BCUT2D eigenvalue weighted by atomic mass is 9.39. The summed E-state index contributed by atoms with van der Waals surface area (Å²) in [6.07, 6.45) is 8.49. The van der Waals surface area contributed by atoms with Crippen LogP contribution in [0.15, 0.2) is 18.2 Å². The normalized spacial score (nSPS) is 44.4. The number of hydrogen-bond donors (Lipinski definition) is 2. The number of carbonyl (C=O) groups excluding carboxylic acids is 1. The van der Waals surface area contributed by atoms with Crippen molar-refractivity contribution < 1.29 is 19.8 Å². The minimum Gasteiger partial charge on any atom is -0.508 e. The van der Waals surface area contributed by atoms with Gasteiger partial charge in [0.15, 0.2) is 0 Å². The van der Waals surface area contributed by atoms with E-state index in [1.165, 1.54) is 24.8 Å². The second-order valence-electron chi connectivity index (χ2n) is 11.9. The minimum absolute atomic E-state index is 0.0247. The zero-order valence-electron chi connectivity index (χ0n) is 19.7. The predicted octanol–water partition coefficient (Wildman–Crippen LogP) is 6.11. The third kappa shape index (κ3) is 3.00. The van der Waals surface area contributed by atoms with Crippen LogP contribution in [-0.4, -0.2) is 22.5 Å². The molecule has 4 heteroatoms. The highest BCUT2D eigenvalue weighted by atomic mass is 16.4. The van der Waals surface area contributed by atoms with E-state index >= 15 is 0 Å². The molecule has 0 unspecified atom stereocenters.